The van der Waals surface area contributed by atoms with Gasteiger partial charge in [-0.2, -0.15) is 5.26 Å². The lowest BCUT2D eigenvalue weighted by Gasteiger charge is -2.11. The van der Waals surface area contributed by atoms with Crippen LogP contribution in [0.2, 0.25) is 0 Å². The highest BCUT2D eigenvalue weighted by molar-refractivity contribution is 5.72. The summed E-state index contributed by atoms with van der Waals surface area (Å²) in [4.78, 5) is 32.2. The smallest absolute Gasteiger partial charge is 0.341 e. The highest BCUT2D eigenvalue weighted by Gasteiger charge is 2.12. The van der Waals surface area contributed by atoms with Crippen molar-refractivity contribution in [2.45, 2.75) is 13.5 Å². The van der Waals surface area contributed by atoms with Crippen molar-refractivity contribution in [3.63, 3.8) is 0 Å². The molecule has 0 spiro atoms. The molecule has 9 nitrogen and oxygen atoms in total. The van der Waals surface area contributed by atoms with Crippen molar-refractivity contribution in [1.82, 2.24) is 14.5 Å². The molecule has 9 heteroatoms. The third-order valence-electron chi connectivity index (χ3n) is 5.38. The number of hydrogen-bond acceptors (Lipinski definition) is 7. The molecule has 0 saturated carbocycles. The molecule has 35 heavy (non-hydrogen) atoms. The second kappa shape index (κ2) is 9.89. The molecule has 0 radical (unpaired) electrons. The Hall–Kier alpha value is -4.97. The van der Waals surface area contributed by atoms with Gasteiger partial charge in [0.1, 0.15) is 5.75 Å². The van der Waals surface area contributed by atoms with Gasteiger partial charge in [-0.05, 0) is 48.4 Å². The fourth-order valence-corrected chi connectivity index (χ4v) is 3.66. The van der Waals surface area contributed by atoms with E-state index in [9.17, 15) is 14.9 Å². The summed E-state index contributed by atoms with van der Waals surface area (Å²) in [5.74, 6) is -0.598. The van der Waals surface area contributed by atoms with Gasteiger partial charge in [0.2, 0.25) is 5.95 Å². The summed E-state index contributed by atoms with van der Waals surface area (Å²) in [6.07, 6.45) is 1.65. The lowest BCUT2D eigenvalue weighted by atomic mass is 9.99. The maximum absolute atomic E-state index is 12.8. The molecule has 0 bridgehead atoms. The quantitative estimate of drug-likeness (QED) is 0.421. The summed E-state index contributed by atoms with van der Waals surface area (Å²) < 4.78 is 6.72. The summed E-state index contributed by atoms with van der Waals surface area (Å²) in [7, 11) is 0. The van der Waals surface area contributed by atoms with E-state index in [1.807, 2.05) is 19.1 Å². The molecule has 0 amide bonds. The molecule has 2 heterocycles. The Balaban J connectivity index is 1.62. The van der Waals surface area contributed by atoms with E-state index in [0.717, 1.165) is 16.7 Å². The number of rotatable bonds is 7. The van der Waals surface area contributed by atoms with E-state index in [2.05, 4.69) is 16.0 Å². The average molecular weight is 467 g/mol. The first-order valence-electron chi connectivity index (χ1n) is 10.6. The van der Waals surface area contributed by atoms with Crippen molar-refractivity contribution in [3.8, 4) is 34.3 Å². The van der Waals surface area contributed by atoms with Gasteiger partial charge in [0.25, 0.3) is 5.56 Å². The fourth-order valence-electron chi connectivity index (χ4n) is 3.66. The number of ether oxygens (including phenoxy) is 1. The van der Waals surface area contributed by atoms with Crippen molar-refractivity contribution < 1.29 is 14.6 Å². The molecule has 0 unspecified atom stereocenters. The second-order valence-electron chi connectivity index (χ2n) is 7.80. The minimum absolute atomic E-state index is 0.0571. The van der Waals surface area contributed by atoms with Gasteiger partial charge in [0.15, 0.2) is 6.61 Å². The van der Waals surface area contributed by atoms with Crippen LogP contribution in [-0.4, -0.2) is 32.2 Å². The molecular weight excluding hydrogens is 446 g/mol. The van der Waals surface area contributed by atoms with E-state index < -0.39 is 12.6 Å². The molecule has 0 aliphatic rings. The van der Waals surface area contributed by atoms with Crippen LogP contribution in [0.25, 0.3) is 22.5 Å². The number of carbonyl (C=O) groups is 1. The number of benzene rings is 2. The molecule has 0 atom stereocenters. The number of carboxylic acids is 1. The topological polar surface area (TPSA) is 144 Å². The van der Waals surface area contributed by atoms with Gasteiger partial charge in [-0.15, -0.1) is 0 Å². The molecule has 4 rings (SSSR count). The zero-order chi connectivity index (χ0) is 24.9. The van der Waals surface area contributed by atoms with Gasteiger partial charge in [0.05, 0.1) is 29.6 Å². The van der Waals surface area contributed by atoms with Crippen molar-refractivity contribution in [3.05, 3.63) is 93.9 Å². The highest BCUT2D eigenvalue weighted by atomic mass is 16.5. The third-order valence-corrected chi connectivity index (χ3v) is 5.38. The number of carboxylic acid groups (broad SMARTS) is 1. The van der Waals surface area contributed by atoms with Crippen LogP contribution in [0.15, 0.2) is 71.7 Å². The largest absolute Gasteiger partial charge is 0.482 e. The molecule has 0 saturated heterocycles. The second-order valence-corrected chi connectivity index (χ2v) is 7.80. The molecule has 4 aromatic rings. The molecule has 174 valence electrons. The summed E-state index contributed by atoms with van der Waals surface area (Å²) in [6, 6.07) is 19.4. The fraction of sp³-hybridized carbons (Fsp3) is 0.115. The average Bonchev–Trinajstić information content (AvgIpc) is 2.84. The minimum Gasteiger partial charge on any atom is -0.482 e. The third kappa shape index (κ3) is 5.34. The first-order valence-corrected chi connectivity index (χ1v) is 10.6. The van der Waals surface area contributed by atoms with E-state index in [0.29, 0.717) is 28.3 Å². The lowest BCUT2D eigenvalue weighted by Crippen LogP contribution is -2.19. The lowest BCUT2D eigenvalue weighted by molar-refractivity contribution is -0.139. The Kier molecular flexibility index (Phi) is 6.55. The number of aromatic nitrogens is 3. The number of aliphatic carboxylic acids is 1. The Morgan fingerprint density at radius 2 is 1.89 bits per heavy atom. The van der Waals surface area contributed by atoms with E-state index in [1.54, 1.807) is 48.7 Å². The molecule has 0 aliphatic heterocycles. The van der Waals surface area contributed by atoms with Gasteiger partial charge in [-0.1, -0.05) is 24.3 Å². The molecule has 0 fully saturated rings. The van der Waals surface area contributed by atoms with Gasteiger partial charge in [-0.3, -0.25) is 4.79 Å². The molecule has 3 N–H and O–H groups in total. The SMILES string of the molecule is Cc1c(C#N)cccc1-c1cc(-c2ccn(Cc3cccc(OCC(=O)O)c3)c(=O)c2)nc(N)n1. The molecule has 0 aliphatic carbocycles. The maximum Gasteiger partial charge on any atom is 0.341 e. The predicted octanol–water partition coefficient (Wildman–Crippen LogP) is 3.25. The number of pyridine rings is 1. The number of nitrogens with zero attached hydrogens (tertiary/aromatic N) is 4. The van der Waals surface area contributed by atoms with Crippen LogP contribution in [0.3, 0.4) is 0 Å². The Labute approximate surface area is 200 Å². The number of anilines is 1. The molecule has 2 aromatic heterocycles. The van der Waals surface area contributed by atoms with Crippen LogP contribution in [0.4, 0.5) is 5.95 Å². The summed E-state index contributed by atoms with van der Waals surface area (Å²) in [5, 5.41) is 18.1. The summed E-state index contributed by atoms with van der Waals surface area (Å²) in [5.41, 5.74) is 10.2. The highest BCUT2D eigenvalue weighted by Crippen LogP contribution is 2.27. The Morgan fingerprint density at radius 3 is 2.63 bits per heavy atom. The summed E-state index contributed by atoms with van der Waals surface area (Å²) >= 11 is 0. The number of hydrogen-bond donors (Lipinski definition) is 2. The molecule has 2 aromatic carbocycles. The van der Waals surface area contributed by atoms with Gasteiger partial charge in [-0.25, -0.2) is 14.8 Å². The van der Waals surface area contributed by atoms with Crippen LogP contribution in [0.1, 0.15) is 16.7 Å². The van der Waals surface area contributed by atoms with Crippen molar-refractivity contribution in [2.24, 2.45) is 0 Å². The monoisotopic (exact) mass is 467 g/mol. The standard InChI is InChI=1S/C26H21N5O4/c1-16-19(13-27)5-3-7-21(16)23-12-22(29-26(28)30-23)18-8-9-31(24(32)11-18)14-17-4-2-6-20(10-17)35-15-25(33)34/h2-12H,14-15H2,1H3,(H,33,34)(H2,28,29,30). The van der Waals surface area contributed by atoms with Crippen molar-refractivity contribution in [1.29, 1.82) is 5.26 Å². The van der Waals surface area contributed by atoms with E-state index >= 15 is 0 Å². The van der Waals surface area contributed by atoms with Crippen LogP contribution >= 0.6 is 0 Å². The zero-order valence-corrected chi connectivity index (χ0v) is 18.8. The maximum atomic E-state index is 12.8. The summed E-state index contributed by atoms with van der Waals surface area (Å²) in [6.45, 7) is 1.68. The van der Waals surface area contributed by atoms with Crippen molar-refractivity contribution >= 4 is 11.9 Å². The van der Waals surface area contributed by atoms with E-state index in [1.165, 1.54) is 10.6 Å². The van der Waals surface area contributed by atoms with E-state index in [-0.39, 0.29) is 18.1 Å². The Bertz CT molecular complexity index is 1520. The Morgan fingerprint density at radius 1 is 1.11 bits per heavy atom. The predicted molar refractivity (Wildman–Crippen MR) is 130 cm³/mol. The molecular formula is C26H21N5O4. The minimum atomic E-state index is -1.07. The number of nitrogen functional groups attached to an aromatic ring is 1. The first kappa shape index (κ1) is 23.2. The van der Waals surface area contributed by atoms with Gasteiger partial charge >= 0.3 is 5.97 Å². The van der Waals surface area contributed by atoms with Crippen LogP contribution in [-0.2, 0) is 11.3 Å². The van der Waals surface area contributed by atoms with Crippen molar-refractivity contribution in [2.75, 3.05) is 12.3 Å². The van der Waals surface area contributed by atoms with Gasteiger partial charge in [0, 0.05) is 23.4 Å². The first-order chi connectivity index (χ1) is 16.8. The number of nitrogens with two attached hydrogens (primary N) is 1. The number of nitriles is 1. The van der Waals surface area contributed by atoms with Gasteiger partial charge < -0.3 is 20.1 Å². The van der Waals surface area contributed by atoms with E-state index in [4.69, 9.17) is 15.6 Å². The zero-order valence-electron chi connectivity index (χ0n) is 18.8. The van der Waals surface area contributed by atoms with Crippen LogP contribution < -0.4 is 16.0 Å². The van der Waals surface area contributed by atoms with Crippen LogP contribution in [0, 0.1) is 18.3 Å². The van der Waals surface area contributed by atoms with Crippen LogP contribution in [0.5, 0.6) is 5.75 Å². The normalized spacial score (nSPS) is 10.5.